The molecule has 0 aromatic carbocycles. The second kappa shape index (κ2) is 11.8. The van der Waals surface area contributed by atoms with Gasteiger partial charge in [-0.05, 0) is 30.8 Å². The van der Waals surface area contributed by atoms with Crippen molar-refractivity contribution in [2.24, 2.45) is 11.7 Å². The van der Waals surface area contributed by atoms with Gasteiger partial charge in [0.15, 0.2) is 0 Å². The van der Waals surface area contributed by atoms with E-state index in [-0.39, 0.29) is 11.9 Å². The van der Waals surface area contributed by atoms with Crippen molar-refractivity contribution in [1.82, 2.24) is 5.32 Å². The maximum Gasteiger partial charge on any atom is 0.236 e. The molecule has 0 rings (SSSR count). The highest BCUT2D eigenvalue weighted by Gasteiger charge is 2.11. The van der Waals surface area contributed by atoms with Crippen molar-refractivity contribution >= 4 is 17.7 Å². The molecule has 3 N–H and O–H groups in total. The number of rotatable bonds is 11. The Bertz CT molecular complexity index is 210. The lowest BCUT2D eigenvalue weighted by atomic mass is 10.0. The van der Waals surface area contributed by atoms with Gasteiger partial charge in [-0.1, -0.05) is 39.5 Å². The minimum absolute atomic E-state index is 0.00577. The van der Waals surface area contributed by atoms with Crippen molar-refractivity contribution in [1.29, 1.82) is 0 Å². The van der Waals surface area contributed by atoms with Crippen molar-refractivity contribution in [3.63, 3.8) is 0 Å². The van der Waals surface area contributed by atoms with Crippen molar-refractivity contribution in [2.75, 3.05) is 18.6 Å². The standard InChI is InChI=1S/C14H30N2OS/c1-12(2)8-6-4-5-7-10-16-14(17)13(15)9-11-18-3/h12-13H,4-11,15H2,1-3H3,(H,16,17)/t13-/m1/s1. The third kappa shape index (κ3) is 10.9. The van der Waals surface area contributed by atoms with Crippen LogP contribution < -0.4 is 11.1 Å². The fourth-order valence-electron chi connectivity index (χ4n) is 1.75. The topological polar surface area (TPSA) is 55.1 Å². The summed E-state index contributed by atoms with van der Waals surface area (Å²) >= 11 is 1.73. The van der Waals surface area contributed by atoms with E-state index < -0.39 is 0 Å². The van der Waals surface area contributed by atoms with Gasteiger partial charge in [0.1, 0.15) is 0 Å². The Morgan fingerprint density at radius 3 is 2.44 bits per heavy atom. The lowest BCUT2D eigenvalue weighted by Crippen LogP contribution is -2.41. The van der Waals surface area contributed by atoms with Crippen LogP contribution in [0.3, 0.4) is 0 Å². The zero-order valence-corrected chi connectivity index (χ0v) is 13.0. The molecule has 1 atom stereocenters. The highest BCUT2D eigenvalue weighted by atomic mass is 32.2. The fraction of sp³-hybridized carbons (Fsp3) is 0.929. The van der Waals surface area contributed by atoms with Crippen LogP contribution in [-0.2, 0) is 4.79 Å². The number of nitrogens with one attached hydrogen (secondary N) is 1. The van der Waals surface area contributed by atoms with Gasteiger partial charge in [0.2, 0.25) is 5.91 Å². The summed E-state index contributed by atoms with van der Waals surface area (Å²) < 4.78 is 0. The summed E-state index contributed by atoms with van der Waals surface area (Å²) in [6, 6.07) is -0.335. The van der Waals surface area contributed by atoms with Gasteiger partial charge in [-0.3, -0.25) is 4.79 Å². The second-order valence-electron chi connectivity index (χ2n) is 5.28. The molecule has 0 fully saturated rings. The van der Waals surface area contributed by atoms with Crippen molar-refractivity contribution in [3.8, 4) is 0 Å². The van der Waals surface area contributed by atoms with E-state index in [0.717, 1.165) is 31.1 Å². The third-order valence-corrected chi connectivity index (χ3v) is 3.62. The van der Waals surface area contributed by atoms with E-state index in [9.17, 15) is 4.79 Å². The molecule has 4 heteroatoms. The van der Waals surface area contributed by atoms with Crippen LogP contribution in [0.2, 0.25) is 0 Å². The Hall–Kier alpha value is -0.220. The zero-order chi connectivity index (χ0) is 13.8. The van der Waals surface area contributed by atoms with Gasteiger partial charge in [0, 0.05) is 6.54 Å². The largest absolute Gasteiger partial charge is 0.355 e. The quantitative estimate of drug-likeness (QED) is 0.570. The van der Waals surface area contributed by atoms with Crippen LogP contribution in [0.15, 0.2) is 0 Å². The van der Waals surface area contributed by atoms with Gasteiger partial charge in [-0.25, -0.2) is 0 Å². The molecule has 0 saturated carbocycles. The Labute approximate surface area is 117 Å². The number of nitrogens with two attached hydrogens (primary N) is 1. The molecular weight excluding hydrogens is 244 g/mol. The lowest BCUT2D eigenvalue weighted by molar-refractivity contribution is -0.122. The molecule has 3 nitrogen and oxygen atoms in total. The van der Waals surface area contributed by atoms with E-state index in [1.807, 2.05) is 6.26 Å². The number of unbranched alkanes of at least 4 members (excludes halogenated alkanes) is 3. The number of carbonyl (C=O) groups excluding carboxylic acids is 1. The van der Waals surface area contributed by atoms with Gasteiger partial charge in [-0.15, -0.1) is 0 Å². The van der Waals surface area contributed by atoms with Gasteiger partial charge in [-0.2, -0.15) is 11.8 Å². The molecule has 108 valence electrons. The Morgan fingerprint density at radius 2 is 1.83 bits per heavy atom. The van der Waals surface area contributed by atoms with Crippen LogP contribution in [0.4, 0.5) is 0 Å². The average Bonchev–Trinajstić information content (AvgIpc) is 2.34. The molecule has 0 aliphatic heterocycles. The van der Waals surface area contributed by atoms with E-state index in [2.05, 4.69) is 19.2 Å². The molecule has 18 heavy (non-hydrogen) atoms. The Kier molecular flexibility index (Phi) is 11.7. The van der Waals surface area contributed by atoms with E-state index in [0.29, 0.717) is 0 Å². The second-order valence-corrected chi connectivity index (χ2v) is 6.26. The molecule has 0 heterocycles. The molecule has 0 bridgehead atoms. The molecule has 0 saturated heterocycles. The summed E-state index contributed by atoms with van der Waals surface area (Å²) in [7, 11) is 0. The molecule has 0 aliphatic carbocycles. The summed E-state index contributed by atoms with van der Waals surface area (Å²) in [4.78, 5) is 11.6. The maximum atomic E-state index is 11.6. The Morgan fingerprint density at radius 1 is 1.17 bits per heavy atom. The monoisotopic (exact) mass is 274 g/mol. The van der Waals surface area contributed by atoms with Gasteiger partial charge < -0.3 is 11.1 Å². The zero-order valence-electron chi connectivity index (χ0n) is 12.2. The van der Waals surface area contributed by atoms with Crippen LogP contribution in [0.1, 0.15) is 52.4 Å². The predicted octanol–water partition coefficient (Wildman–Crippen LogP) is 2.79. The first-order chi connectivity index (χ1) is 8.57. The number of hydrogen-bond acceptors (Lipinski definition) is 3. The molecule has 0 spiro atoms. The van der Waals surface area contributed by atoms with E-state index in [4.69, 9.17) is 5.73 Å². The van der Waals surface area contributed by atoms with Gasteiger partial charge >= 0.3 is 0 Å². The third-order valence-electron chi connectivity index (χ3n) is 2.98. The van der Waals surface area contributed by atoms with Gasteiger partial charge in [0.25, 0.3) is 0 Å². The minimum atomic E-state index is -0.335. The van der Waals surface area contributed by atoms with Crippen molar-refractivity contribution in [2.45, 2.75) is 58.4 Å². The molecule has 1 amide bonds. The van der Waals surface area contributed by atoms with Crippen LogP contribution in [0.5, 0.6) is 0 Å². The molecule has 0 aromatic heterocycles. The molecule has 0 unspecified atom stereocenters. The maximum absolute atomic E-state index is 11.6. The summed E-state index contributed by atoms with van der Waals surface area (Å²) in [5.74, 6) is 1.76. The summed E-state index contributed by atoms with van der Waals surface area (Å²) in [5.41, 5.74) is 5.77. The average molecular weight is 274 g/mol. The molecule has 0 aromatic rings. The first kappa shape index (κ1) is 17.8. The summed E-state index contributed by atoms with van der Waals surface area (Å²) in [5, 5.41) is 2.92. The fourth-order valence-corrected chi connectivity index (χ4v) is 2.24. The Balaban J connectivity index is 3.34. The van der Waals surface area contributed by atoms with E-state index in [1.54, 1.807) is 11.8 Å². The van der Waals surface area contributed by atoms with Crippen molar-refractivity contribution in [3.05, 3.63) is 0 Å². The predicted molar refractivity (Wildman–Crippen MR) is 81.9 cm³/mol. The van der Waals surface area contributed by atoms with E-state index in [1.165, 1.54) is 25.7 Å². The van der Waals surface area contributed by atoms with Crippen LogP contribution >= 0.6 is 11.8 Å². The first-order valence-corrected chi connectivity index (χ1v) is 8.49. The molecule has 0 radical (unpaired) electrons. The van der Waals surface area contributed by atoms with Crippen molar-refractivity contribution < 1.29 is 4.79 Å². The minimum Gasteiger partial charge on any atom is -0.355 e. The highest BCUT2D eigenvalue weighted by Crippen LogP contribution is 2.09. The summed E-state index contributed by atoms with van der Waals surface area (Å²) in [6.07, 6.45) is 8.95. The van der Waals surface area contributed by atoms with E-state index >= 15 is 0 Å². The number of thioether (sulfide) groups is 1. The van der Waals surface area contributed by atoms with Crippen LogP contribution in [-0.4, -0.2) is 30.5 Å². The van der Waals surface area contributed by atoms with Gasteiger partial charge in [0.05, 0.1) is 6.04 Å². The normalized spacial score (nSPS) is 12.7. The summed E-state index contributed by atoms with van der Waals surface area (Å²) in [6.45, 7) is 5.29. The SMILES string of the molecule is CSCC[C@@H](N)C(=O)NCCCCCCC(C)C. The molecular formula is C14H30N2OS. The smallest absolute Gasteiger partial charge is 0.236 e. The van der Waals surface area contributed by atoms with Crippen LogP contribution in [0.25, 0.3) is 0 Å². The number of carbonyl (C=O) groups is 1. The number of hydrogen-bond donors (Lipinski definition) is 2. The molecule has 0 aliphatic rings. The van der Waals surface area contributed by atoms with Crippen LogP contribution in [0, 0.1) is 5.92 Å². The first-order valence-electron chi connectivity index (χ1n) is 7.10. The number of amides is 1. The lowest BCUT2D eigenvalue weighted by Gasteiger charge is -2.11. The highest BCUT2D eigenvalue weighted by molar-refractivity contribution is 7.98.